The van der Waals surface area contributed by atoms with Crippen molar-refractivity contribution in [2.75, 3.05) is 17.9 Å². The summed E-state index contributed by atoms with van der Waals surface area (Å²) in [6.07, 6.45) is 0.918. The van der Waals surface area contributed by atoms with E-state index in [0.717, 1.165) is 17.7 Å². The zero-order chi connectivity index (χ0) is 14.0. The Hall–Kier alpha value is -1.58. The fraction of sp³-hybridized carbons (Fsp3) is 0.462. The van der Waals surface area contributed by atoms with Crippen LogP contribution in [0.5, 0.6) is 0 Å². The fourth-order valence-corrected chi connectivity index (χ4v) is 3.94. The van der Waals surface area contributed by atoms with Crippen LogP contribution in [0, 0.1) is 11.3 Å². The number of fused-ring (bicyclic) bond motifs is 1. The van der Waals surface area contributed by atoms with Gasteiger partial charge in [-0.2, -0.15) is 18.0 Å². The molecular formula is C13H17N3O2S. The van der Waals surface area contributed by atoms with Crippen LogP contribution < -0.4 is 4.31 Å². The number of benzene rings is 1. The molecule has 0 saturated heterocycles. The van der Waals surface area contributed by atoms with E-state index in [1.165, 1.54) is 15.7 Å². The molecule has 0 amide bonds. The van der Waals surface area contributed by atoms with Gasteiger partial charge < -0.3 is 0 Å². The number of anilines is 1. The van der Waals surface area contributed by atoms with Crippen LogP contribution in [0.1, 0.15) is 18.9 Å². The Balaban J connectivity index is 2.34. The molecule has 0 N–H and O–H groups in total. The van der Waals surface area contributed by atoms with Crippen molar-refractivity contribution >= 4 is 15.9 Å². The minimum Gasteiger partial charge on any atom is -0.254 e. The zero-order valence-electron chi connectivity index (χ0n) is 11.1. The molecule has 6 heteroatoms. The van der Waals surface area contributed by atoms with Gasteiger partial charge in [0.25, 0.3) is 0 Å². The average Bonchev–Trinajstić information content (AvgIpc) is 2.72. The summed E-state index contributed by atoms with van der Waals surface area (Å²) in [5, 5.41) is 8.57. The molecule has 1 aliphatic rings. The Morgan fingerprint density at radius 1 is 1.47 bits per heavy atom. The normalized spacial score (nSPS) is 18.4. The Bertz CT molecular complexity index is 607. The number of rotatable bonds is 4. The SMILES string of the molecule is C[C@H]1Cc2ccccc2N1S(=O)(=O)N(C)CCC#N. The second kappa shape index (κ2) is 5.19. The van der Waals surface area contributed by atoms with Crippen LogP contribution in [-0.4, -0.2) is 32.4 Å². The summed E-state index contributed by atoms with van der Waals surface area (Å²) < 4.78 is 27.8. The van der Waals surface area contributed by atoms with E-state index in [9.17, 15) is 8.42 Å². The van der Waals surface area contributed by atoms with Gasteiger partial charge in [-0.1, -0.05) is 18.2 Å². The van der Waals surface area contributed by atoms with Crippen molar-refractivity contribution in [3.63, 3.8) is 0 Å². The molecule has 1 aromatic carbocycles. The third kappa shape index (κ3) is 2.44. The van der Waals surface area contributed by atoms with Gasteiger partial charge in [-0.05, 0) is 25.0 Å². The standard InChI is InChI=1S/C13H17N3O2S/c1-11-10-12-6-3-4-7-13(12)16(11)19(17,18)15(2)9-5-8-14/h3-4,6-7,11H,5,9-10H2,1-2H3/t11-/m0/s1. The predicted molar refractivity (Wildman–Crippen MR) is 73.9 cm³/mol. The minimum atomic E-state index is -3.56. The highest BCUT2D eigenvalue weighted by molar-refractivity contribution is 7.90. The molecule has 0 unspecified atom stereocenters. The lowest BCUT2D eigenvalue weighted by Gasteiger charge is -2.29. The van der Waals surface area contributed by atoms with E-state index < -0.39 is 10.2 Å². The molecular weight excluding hydrogens is 262 g/mol. The lowest BCUT2D eigenvalue weighted by Crippen LogP contribution is -2.45. The Labute approximate surface area is 114 Å². The molecule has 0 bridgehead atoms. The highest BCUT2D eigenvalue weighted by atomic mass is 32.2. The molecule has 0 fully saturated rings. The Kier molecular flexibility index (Phi) is 3.78. The first-order chi connectivity index (χ1) is 8.98. The third-order valence-corrected chi connectivity index (χ3v) is 5.35. The first-order valence-electron chi connectivity index (χ1n) is 6.19. The minimum absolute atomic E-state index is 0.0908. The van der Waals surface area contributed by atoms with Gasteiger partial charge in [0.1, 0.15) is 0 Å². The molecule has 19 heavy (non-hydrogen) atoms. The van der Waals surface area contributed by atoms with Gasteiger partial charge >= 0.3 is 10.2 Å². The predicted octanol–water partition coefficient (Wildman–Crippen LogP) is 1.53. The number of para-hydroxylation sites is 1. The van der Waals surface area contributed by atoms with Gasteiger partial charge in [0.2, 0.25) is 0 Å². The third-order valence-electron chi connectivity index (χ3n) is 3.33. The van der Waals surface area contributed by atoms with Crippen molar-refractivity contribution in [3.05, 3.63) is 29.8 Å². The molecule has 0 spiro atoms. The highest BCUT2D eigenvalue weighted by Crippen LogP contribution is 2.34. The molecule has 1 atom stereocenters. The summed E-state index contributed by atoms with van der Waals surface area (Å²) in [4.78, 5) is 0. The summed E-state index contributed by atoms with van der Waals surface area (Å²) in [6, 6.07) is 9.42. The maximum absolute atomic E-state index is 12.6. The molecule has 0 radical (unpaired) electrons. The van der Waals surface area contributed by atoms with E-state index in [0.29, 0.717) is 0 Å². The van der Waals surface area contributed by atoms with E-state index in [4.69, 9.17) is 5.26 Å². The molecule has 102 valence electrons. The quantitative estimate of drug-likeness (QED) is 0.839. The maximum Gasteiger partial charge on any atom is 0.304 e. The van der Waals surface area contributed by atoms with Gasteiger partial charge in [0.15, 0.2) is 0 Å². The van der Waals surface area contributed by atoms with E-state index in [1.54, 1.807) is 0 Å². The second-order valence-electron chi connectivity index (χ2n) is 4.72. The molecule has 5 nitrogen and oxygen atoms in total. The number of hydrogen-bond donors (Lipinski definition) is 0. The summed E-state index contributed by atoms with van der Waals surface area (Å²) in [5.74, 6) is 0. The van der Waals surface area contributed by atoms with Gasteiger partial charge in [0.05, 0.1) is 11.8 Å². The van der Waals surface area contributed by atoms with Crippen LogP contribution in [0.3, 0.4) is 0 Å². The Morgan fingerprint density at radius 2 is 2.16 bits per heavy atom. The van der Waals surface area contributed by atoms with E-state index in [1.807, 2.05) is 37.3 Å². The average molecular weight is 279 g/mol. The van der Waals surface area contributed by atoms with Crippen molar-refractivity contribution in [2.45, 2.75) is 25.8 Å². The van der Waals surface area contributed by atoms with Crippen LogP contribution in [0.15, 0.2) is 24.3 Å². The van der Waals surface area contributed by atoms with E-state index in [2.05, 4.69) is 0 Å². The molecule has 1 aliphatic heterocycles. The molecule has 0 aliphatic carbocycles. The van der Waals surface area contributed by atoms with Crippen molar-refractivity contribution in [3.8, 4) is 6.07 Å². The van der Waals surface area contributed by atoms with Crippen molar-refractivity contribution in [1.82, 2.24) is 4.31 Å². The van der Waals surface area contributed by atoms with Gasteiger partial charge in [-0.25, -0.2) is 0 Å². The fourth-order valence-electron chi connectivity index (χ4n) is 2.36. The smallest absolute Gasteiger partial charge is 0.254 e. The van der Waals surface area contributed by atoms with E-state index in [-0.39, 0.29) is 19.0 Å². The number of hydrogen-bond acceptors (Lipinski definition) is 3. The summed E-state index contributed by atoms with van der Waals surface area (Å²) in [6.45, 7) is 2.11. The topological polar surface area (TPSA) is 64.4 Å². The Morgan fingerprint density at radius 3 is 2.84 bits per heavy atom. The lowest BCUT2D eigenvalue weighted by molar-refractivity contribution is 0.469. The van der Waals surface area contributed by atoms with Gasteiger partial charge in [-0.3, -0.25) is 4.31 Å². The molecule has 2 rings (SSSR count). The van der Waals surface area contributed by atoms with Crippen LogP contribution in [0.25, 0.3) is 0 Å². The summed E-state index contributed by atoms with van der Waals surface area (Å²) in [5.41, 5.74) is 1.80. The van der Waals surface area contributed by atoms with Gasteiger partial charge in [0, 0.05) is 26.1 Å². The van der Waals surface area contributed by atoms with Crippen LogP contribution in [-0.2, 0) is 16.6 Å². The van der Waals surface area contributed by atoms with Crippen molar-refractivity contribution < 1.29 is 8.42 Å². The largest absolute Gasteiger partial charge is 0.304 e. The molecule has 1 aromatic rings. The first kappa shape index (κ1) is 13.8. The summed E-state index contributed by atoms with van der Waals surface area (Å²) >= 11 is 0. The lowest BCUT2D eigenvalue weighted by atomic mass is 10.1. The summed E-state index contributed by atoms with van der Waals surface area (Å²) in [7, 11) is -2.04. The number of nitrogens with zero attached hydrogens (tertiary/aromatic N) is 3. The second-order valence-corrected chi connectivity index (χ2v) is 6.63. The highest BCUT2D eigenvalue weighted by Gasteiger charge is 2.36. The monoisotopic (exact) mass is 279 g/mol. The molecule has 0 saturated carbocycles. The van der Waals surface area contributed by atoms with Crippen LogP contribution in [0.4, 0.5) is 5.69 Å². The van der Waals surface area contributed by atoms with Crippen molar-refractivity contribution in [2.24, 2.45) is 0 Å². The van der Waals surface area contributed by atoms with E-state index >= 15 is 0 Å². The molecule has 0 aromatic heterocycles. The number of nitriles is 1. The first-order valence-corrected chi connectivity index (χ1v) is 7.58. The molecule has 1 heterocycles. The van der Waals surface area contributed by atoms with Crippen LogP contribution in [0.2, 0.25) is 0 Å². The maximum atomic E-state index is 12.6. The van der Waals surface area contributed by atoms with Gasteiger partial charge in [-0.15, -0.1) is 0 Å². The zero-order valence-corrected chi connectivity index (χ0v) is 11.9. The van der Waals surface area contributed by atoms with Crippen LogP contribution >= 0.6 is 0 Å². The van der Waals surface area contributed by atoms with Crippen molar-refractivity contribution in [1.29, 1.82) is 5.26 Å².